The number of rotatable bonds is 5. The fourth-order valence-electron chi connectivity index (χ4n) is 2.53. The van der Waals surface area contributed by atoms with Gasteiger partial charge in [-0.05, 0) is 37.7 Å². The van der Waals surface area contributed by atoms with Crippen LogP contribution in [0.1, 0.15) is 25.6 Å². The Morgan fingerprint density at radius 2 is 2.43 bits per heavy atom. The summed E-state index contributed by atoms with van der Waals surface area (Å²) in [4.78, 5) is 8.66. The van der Waals surface area contributed by atoms with Crippen molar-refractivity contribution in [3.05, 3.63) is 24.2 Å². The zero-order valence-electron chi connectivity index (χ0n) is 13.4. The summed E-state index contributed by atoms with van der Waals surface area (Å²) in [5.74, 6) is 3.97. The van der Waals surface area contributed by atoms with Crippen molar-refractivity contribution < 1.29 is 4.42 Å². The molecule has 2 aromatic rings. The van der Waals surface area contributed by atoms with Gasteiger partial charge in [-0.2, -0.15) is 11.8 Å². The molecule has 3 N–H and O–H groups in total. The lowest BCUT2D eigenvalue weighted by molar-refractivity contribution is 0.577. The smallest absolute Gasteiger partial charge is 0.216 e. The molecule has 0 aliphatic carbocycles. The number of guanidine groups is 1. The maximum atomic E-state index is 5.28. The largest absolute Gasteiger partial charge is 0.461 e. The number of nitrogens with one attached hydrogen (secondary N) is 3. The van der Waals surface area contributed by atoms with Crippen LogP contribution in [0.25, 0.3) is 11.6 Å². The molecular weight excluding hydrogens is 312 g/mol. The third-order valence-corrected chi connectivity index (χ3v) is 5.39. The highest BCUT2D eigenvalue weighted by Gasteiger charge is 2.29. The molecule has 0 spiro atoms. The van der Waals surface area contributed by atoms with Gasteiger partial charge in [-0.25, -0.2) is 4.98 Å². The Labute approximate surface area is 139 Å². The molecule has 3 rings (SSSR count). The van der Waals surface area contributed by atoms with Gasteiger partial charge in [-0.1, -0.05) is 0 Å². The van der Waals surface area contributed by atoms with Crippen LogP contribution in [0.5, 0.6) is 0 Å². The van der Waals surface area contributed by atoms with Crippen molar-refractivity contribution >= 4 is 17.7 Å². The molecule has 1 unspecified atom stereocenters. The van der Waals surface area contributed by atoms with Crippen molar-refractivity contribution in [2.75, 3.05) is 19.3 Å². The Hall–Kier alpha value is -1.96. The summed E-state index contributed by atoms with van der Waals surface area (Å²) in [5, 5.41) is 13.7. The number of H-pyrrole nitrogens is 1. The molecular formula is C15H22N6OS. The first kappa shape index (κ1) is 15.9. The quantitative estimate of drug-likeness (QED) is 0.572. The van der Waals surface area contributed by atoms with E-state index < -0.39 is 0 Å². The predicted octanol–water partition coefficient (Wildman–Crippen LogP) is 2.02. The maximum Gasteiger partial charge on any atom is 0.216 e. The van der Waals surface area contributed by atoms with Gasteiger partial charge in [0.25, 0.3) is 0 Å². The van der Waals surface area contributed by atoms with E-state index in [2.05, 4.69) is 37.7 Å². The Kier molecular flexibility index (Phi) is 4.90. The zero-order valence-corrected chi connectivity index (χ0v) is 14.2. The molecule has 0 radical (unpaired) electrons. The SMILES string of the molecule is CN=C(NCc1nc(-c2ccco2)n[nH]1)NCC1(C)CCCS1. The monoisotopic (exact) mass is 334 g/mol. The fraction of sp³-hybridized carbons (Fsp3) is 0.533. The van der Waals surface area contributed by atoms with E-state index in [1.807, 2.05) is 23.9 Å². The highest BCUT2D eigenvalue weighted by molar-refractivity contribution is 8.00. The van der Waals surface area contributed by atoms with Gasteiger partial charge >= 0.3 is 0 Å². The molecule has 7 nitrogen and oxygen atoms in total. The van der Waals surface area contributed by atoms with Gasteiger partial charge in [-0.15, -0.1) is 5.10 Å². The van der Waals surface area contributed by atoms with Crippen LogP contribution < -0.4 is 10.6 Å². The molecule has 1 aliphatic heterocycles. The molecule has 2 aromatic heterocycles. The third kappa shape index (κ3) is 4.07. The molecule has 3 heterocycles. The van der Waals surface area contributed by atoms with Crippen molar-refractivity contribution in [3.63, 3.8) is 0 Å². The summed E-state index contributed by atoms with van der Waals surface area (Å²) >= 11 is 2.03. The lowest BCUT2D eigenvalue weighted by atomic mass is 10.1. The number of furan rings is 1. The number of hydrogen-bond acceptors (Lipinski definition) is 5. The van der Waals surface area contributed by atoms with Crippen LogP contribution in [0.15, 0.2) is 27.8 Å². The molecule has 1 atom stereocenters. The number of nitrogens with zero attached hydrogens (tertiary/aromatic N) is 3. The molecule has 1 aliphatic rings. The highest BCUT2D eigenvalue weighted by atomic mass is 32.2. The van der Waals surface area contributed by atoms with Crippen molar-refractivity contribution in [2.45, 2.75) is 31.1 Å². The van der Waals surface area contributed by atoms with E-state index in [1.165, 1.54) is 18.6 Å². The lowest BCUT2D eigenvalue weighted by Crippen LogP contribution is -2.43. The van der Waals surface area contributed by atoms with Crippen molar-refractivity contribution in [1.82, 2.24) is 25.8 Å². The van der Waals surface area contributed by atoms with Gasteiger partial charge in [0.1, 0.15) is 5.82 Å². The van der Waals surface area contributed by atoms with E-state index in [9.17, 15) is 0 Å². The van der Waals surface area contributed by atoms with Crippen LogP contribution in [0.3, 0.4) is 0 Å². The normalized spacial score (nSPS) is 21.6. The lowest BCUT2D eigenvalue weighted by Gasteiger charge is -2.24. The molecule has 1 saturated heterocycles. The van der Waals surface area contributed by atoms with Crippen molar-refractivity contribution in [1.29, 1.82) is 0 Å². The second-order valence-electron chi connectivity index (χ2n) is 5.76. The van der Waals surface area contributed by atoms with Crippen LogP contribution in [0, 0.1) is 0 Å². The van der Waals surface area contributed by atoms with Gasteiger partial charge in [0.15, 0.2) is 11.7 Å². The maximum absolute atomic E-state index is 5.28. The molecule has 124 valence electrons. The average molecular weight is 334 g/mol. The van der Waals surface area contributed by atoms with E-state index in [0.29, 0.717) is 22.9 Å². The van der Waals surface area contributed by atoms with Crippen LogP contribution in [0.2, 0.25) is 0 Å². The summed E-state index contributed by atoms with van der Waals surface area (Å²) in [5.41, 5.74) is 0. The number of thioether (sulfide) groups is 1. The van der Waals surface area contributed by atoms with Gasteiger partial charge in [0, 0.05) is 18.3 Å². The van der Waals surface area contributed by atoms with Crippen LogP contribution in [0.4, 0.5) is 0 Å². The molecule has 0 saturated carbocycles. The van der Waals surface area contributed by atoms with E-state index in [1.54, 1.807) is 13.3 Å². The third-order valence-electron chi connectivity index (χ3n) is 3.85. The van der Waals surface area contributed by atoms with Gasteiger partial charge in [0.05, 0.1) is 12.8 Å². The second kappa shape index (κ2) is 7.08. The summed E-state index contributed by atoms with van der Waals surface area (Å²) in [6.07, 6.45) is 4.15. The number of aromatic amines is 1. The topological polar surface area (TPSA) is 91.1 Å². The van der Waals surface area contributed by atoms with Gasteiger partial charge in [0.2, 0.25) is 5.82 Å². The Bertz CT molecular complexity index is 645. The highest BCUT2D eigenvalue weighted by Crippen LogP contribution is 2.36. The predicted molar refractivity (Wildman–Crippen MR) is 92.4 cm³/mol. The van der Waals surface area contributed by atoms with Crippen molar-refractivity contribution in [2.24, 2.45) is 4.99 Å². The van der Waals surface area contributed by atoms with E-state index in [0.717, 1.165) is 18.3 Å². The Balaban J connectivity index is 1.50. The summed E-state index contributed by atoms with van der Waals surface area (Å²) in [6.45, 7) is 3.74. The first-order chi connectivity index (χ1) is 11.2. The van der Waals surface area contributed by atoms with Gasteiger partial charge in [-0.3, -0.25) is 10.1 Å². The van der Waals surface area contributed by atoms with E-state index in [-0.39, 0.29) is 0 Å². The van der Waals surface area contributed by atoms with E-state index >= 15 is 0 Å². The molecule has 1 fully saturated rings. The van der Waals surface area contributed by atoms with Crippen LogP contribution in [-0.4, -0.2) is 45.2 Å². The zero-order chi connectivity index (χ0) is 16.1. The molecule has 0 aromatic carbocycles. The fourth-order valence-corrected chi connectivity index (χ4v) is 3.77. The second-order valence-corrected chi connectivity index (χ2v) is 7.45. The minimum absolute atomic E-state index is 0.302. The standard InChI is InChI=1S/C15H22N6OS/c1-15(6-4-8-23-15)10-18-14(16-2)17-9-12-19-13(21-20-12)11-5-3-7-22-11/h3,5,7H,4,6,8-10H2,1-2H3,(H2,16,17,18)(H,19,20,21). The molecule has 0 amide bonds. The summed E-state index contributed by atoms with van der Waals surface area (Å²) in [7, 11) is 1.77. The summed E-state index contributed by atoms with van der Waals surface area (Å²) < 4.78 is 5.58. The van der Waals surface area contributed by atoms with Crippen molar-refractivity contribution in [3.8, 4) is 11.6 Å². The molecule has 8 heteroatoms. The number of aromatic nitrogens is 3. The Morgan fingerprint density at radius 1 is 1.52 bits per heavy atom. The summed E-state index contributed by atoms with van der Waals surface area (Å²) in [6, 6.07) is 3.65. The molecule has 23 heavy (non-hydrogen) atoms. The van der Waals surface area contributed by atoms with Gasteiger partial charge < -0.3 is 15.1 Å². The van der Waals surface area contributed by atoms with Crippen LogP contribution in [-0.2, 0) is 6.54 Å². The first-order valence-electron chi connectivity index (χ1n) is 7.72. The minimum atomic E-state index is 0.302. The Morgan fingerprint density at radius 3 is 3.13 bits per heavy atom. The average Bonchev–Trinajstić information content (AvgIpc) is 3.29. The number of aliphatic imine (C=N–C) groups is 1. The van der Waals surface area contributed by atoms with Crippen LogP contribution >= 0.6 is 11.8 Å². The number of hydrogen-bond donors (Lipinski definition) is 3. The van der Waals surface area contributed by atoms with E-state index in [4.69, 9.17) is 4.42 Å². The first-order valence-corrected chi connectivity index (χ1v) is 8.71. The molecule has 0 bridgehead atoms. The minimum Gasteiger partial charge on any atom is -0.461 e.